The van der Waals surface area contributed by atoms with Crippen molar-refractivity contribution < 1.29 is 27.8 Å². The first-order valence-electron chi connectivity index (χ1n) is 6.62. The fourth-order valence-corrected chi connectivity index (χ4v) is 1.79. The van der Waals surface area contributed by atoms with Gasteiger partial charge in [-0.1, -0.05) is 0 Å². The van der Waals surface area contributed by atoms with Crippen LogP contribution in [0.2, 0.25) is 0 Å². The maximum atomic E-state index is 13.0. The number of hydrogen-bond acceptors (Lipinski definition) is 4. The second-order valence-electron chi connectivity index (χ2n) is 4.51. The number of halogens is 2. The molecule has 0 bridgehead atoms. The van der Waals surface area contributed by atoms with E-state index in [2.05, 4.69) is 5.32 Å². The summed E-state index contributed by atoms with van der Waals surface area (Å²) in [5.74, 6) is -1.40. The van der Waals surface area contributed by atoms with Gasteiger partial charge in [0.1, 0.15) is 17.2 Å². The molecule has 0 aliphatic carbocycles. The van der Waals surface area contributed by atoms with Gasteiger partial charge in [-0.2, -0.15) is 0 Å². The topological polar surface area (TPSA) is 56.8 Å². The van der Waals surface area contributed by atoms with Crippen molar-refractivity contribution in [2.24, 2.45) is 0 Å². The number of nitrogens with one attached hydrogen (secondary N) is 1. The van der Waals surface area contributed by atoms with E-state index in [0.29, 0.717) is 17.2 Å². The Morgan fingerprint density at radius 3 is 2.17 bits per heavy atom. The van der Waals surface area contributed by atoms with E-state index >= 15 is 0 Å². The first kappa shape index (κ1) is 16.5. The molecular weight excluding hydrogens is 308 g/mol. The maximum absolute atomic E-state index is 13.0. The zero-order chi connectivity index (χ0) is 16.8. The van der Waals surface area contributed by atoms with Crippen molar-refractivity contribution >= 4 is 11.6 Å². The van der Waals surface area contributed by atoms with E-state index < -0.39 is 17.5 Å². The number of ether oxygens (including phenoxy) is 3. The van der Waals surface area contributed by atoms with E-state index in [9.17, 15) is 13.6 Å². The molecule has 0 fully saturated rings. The molecule has 122 valence electrons. The van der Waals surface area contributed by atoms with Gasteiger partial charge < -0.3 is 19.5 Å². The number of rotatable bonds is 6. The lowest BCUT2D eigenvalue weighted by molar-refractivity contribution is -0.118. The van der Waals surface area contributed by atoms with E-state index in [1.807, 2.05) is 0 Å². The third kappa shape index (κ3) is 4.57. The zero-order valence-corrected chi connectivity index (χ0v) is 12.6. The summed E-state index contributed by atoms with van der Waals surface area (Å²) in [4.78, 5) is 11.9. The lowest BCUT2D eigenvalue weighted by atomic mass is 10.2. The highest BCUT2D eigenvalue weighted by Gasteiger charge is 2.08. The number of carbonyl (C=O) groups is 1. The molecule has 2 aromatic rings. The maximum Gasteiger partial charge on any atom is 0.262 e. The van der Waals surface area contributed by atoms with Gasteiger partial charge in [0.05, 0.1) is 14.2 Å². The van der Waals surface area contributed by atoms with Gasteiger partial charge in [0.15, 0.2) is 18.2 Å². The zero-order valence-electron chi connectivity index (χ0n) is 12.6. The molecule has 0 unspecified atom stereocenters. The Bertz CT molecular complexity index is 684. The monoisotopic (exact) mass is 323 g/mol. The summed E-state index contributed by atoms with van der Waals surface area (Å²) in [5.41, 5.74) is 0.458. The number of anilines is 1. The third-order valence-electron chi connectivity index (χ3n) is 2.90. The van der Waals surface area contributed by atoms with Crippen LogP contribution in [0.25, 0.3) is 0 Å². The fraction of sp³-hybridized carbons (Fsp3) is 0.188. The number of methoxy groups -OCH3 is 2. The molecule has 1 amide bonds. The second-order valence-corrected chi connectivity index (χ2v) is 4.51. The molecule has 0 saturated carbocycles. The van der Waals surface area contributed by atoms with E-state index in [0.717, 1.165) is 12.1 Å². The molecule has 0 aliphatic heterocycles. The van der Waals surface area contributed by atoms with Crippen LogP contribution in [0.1, 0.15) is 0 Å². The van der Waals surface area contributed by atoms with Crippen LogP contribution in [0.5, 0.6) is 17.2 Å². The lowest BCUT2D eigenvalue weighted by Gasteiger charge is -2.10. The molecule has 0 spiro atoms. The SMILES string of the molecule is COc1cc(NC(=O)COc2ccc(F)c(F)c2)cc(OC)c1. The lowest BCUT2D eigenvalue weighted by Crippen LogP contribution is -2.20. The molecule has 0 radical (unpaired) electrons. The number of benzene rings is 2. The van der Waals surface area contributed by atoms with Crippen molar-refractivity contribution in [1.29, 1.82) is 0 Å². The van der Waals surface area contributed by atoms with Crippen LogP contribution in [-0.2, 0) is 4.79 Å². The van der Waals surface area contributed by atoms with Gasteiger partial charge in [0.2, 0.25) is 0 Å². The van der Waals surface area contributed by atoms with Crippen LogP contribution in [-0.4, -0.2) is 26.7 Å². The quantitative estimate of drug-likeness (QED) is 0.888. The van der Waals surface area contributed by atoms with Crippen LogP contribution in [0, 0.1) is 11.6 Å². The predicted molar refractivity (Wildman–Crippen MR) is 80.0 cm³/mol. The highest BCUT2D eigenvalue weighted by atomic mass is 19.2. The Labute approximate surface area is 131 Å². The molecule has 23 heavy (non-hydrogen) atoms. The minimum Gasteiger partial charge on any atom is -0.497 e. The summed E-state index contributed by atoms with van der Waals surface area (Å²) < 4.78 is 41.1. The molecule has 0 heterocycles. The molecule has 0 saturated heterocycles. The molecule has 0 atom stereocenters. The van der Waals surface area contributed by atoms with Crippen molar-refractivity contribution in [2.45, 2.75) is 0 Å². The standard InChI is InChI=1S/C16H15F2NO4/c1-21-12-5-10(6-13(7-12)22-2)19-16(20)9-23-11-3-4-14(17)15(18)8-11/h3-8H,9H2,1-2H3,(H,19,20). The molecule has 0 aliphatic rings. The third-order valence-corrected chi connectivity index (χ3v) is 2.90. The Morgan fingerprint density at radius 1 is 0.957 bits per heavy atom. The number of hydrogen-bond donors (Lipinski definition) is 1. The molecule has 7 heteroatoms. The summed E-state index contributed by atoms with van der Waals surface area (Å²) in [6, 6.07) is 7.91. The molecule has 2 rings (SSSR count). The fourth-order valence-electron chi connectivity index (χ4n) is 1.79. The Balaban J connectivity index is 1.97. The van der Waals surface area contributed by atoms with Gasteiger partial charge in [-0.15, -0.1) is 0 Å². The van der Waals surface area contributed by atoms with E-state index in [-0.39, 0.29) is 12.4 Å². The normalized spacial score (nSPS) is 10.1. The van der Waals surface area contributed by atoms with Crippen molar-refractivity contribution in [1.82, 2.24) is 0 Å². The van der Waals surface area contributed by atoms with Gasteiger partial charge in [0, 0.05) is 30.0 Å². The minimum absolute atomic E-state index is 0.0577. The second kappa shape index (κ2) is 7.44. The van der Waals surface area contributed by atoms with E-state index in [4.69, 9.17) is 14.2 Å². The summed E-state index contributed by atoms with van der Waals surface area (Å²) in [5, 5.41) is 2.60. The van der Waals surface area contributed by atoms with Crippen LogP contribution in [0.4, 0.5) is 14.5 Å². The molecule has 1 N–H and O–H groups in total. The smallest absolute Gasteiger partial charge is 0.262 e. The van der Waals surface area contributed by atoms with Crippen molar-refractivity contribution in [3.63, 3.8) is 0 Å². The Hall–Kier alpha value is -2.83. The first-order chi connectivity index (χ1) is 11.0. The molecular formula is C16H15F2NO4. The predicted octanol–water partition coefficient (Wildman–Crippen LogP) is 3.00. The van der Waals surface area contributed by atoms with Crippen LogP contribution in [0.3, 0.4) is 0 Å². The van der Waals surface area contributed by atoms with Crippen LogP contribution in [0.15, 0.2) is 36.4 Å². The van der Waals surface area contributed by atoms with Gasteiger partial charge >= 0.3 is 0 Å². The summed E-state index contributed by atoms with van der Waals surface area (Å²) in [6.07, 6.45) is 0. The van der Waals surface area contributed by atoms with Gasteiger partial charge in [-0.05, 0) is 12.1 Å². The Morgan fingerprint density at radius 2 is 1.61 bits per heavy atom. The average molecular weight is 323 g/mol. The highest BCUT2D eigenvalue weighted by Crippen LogP contribution is 2.25. The average Bonchev–Trinajstić information content (AvgIpc) is 2.55. The highest BCUT2D eigenvalue weighted by molar-refractivity contribution is 5.92. The van der Waals surface area contributed by atoms with Crippen LogP contribution < -0.4 is 19.5 Å². The Kier molecular flexibility index (Phi) is 5.35. The largest absolute Gasteiger partial charge is 0.497 e. The van der Waals surface area contributed by atoms with Crippen molar-refractivity contribution in [3.05, 3.63) is 48.0 Å². The van der Waals surface area contributed by atoms with E-state index in [1.165, 1.54) is 20.3 Å². The number of carbonyl (C=O) groups excluding carboxylic acids is 1. The number of amides is 1. The molecule has 5 nitrogen and oxygen atoms in total. The van der Waals surface area contributed by atoms with Gasteiger partial charge in [-0.25, -0.2) is 8.78 Å². The molecule has 2 aromatic carbocycles. The molecule has 0 aromatic heterocycles. The van der Waals surface area contributed by atoms with Gasteiger partial charge in [-0.3, -0.25) is 4.79 Å². The van der Waals surface area contributed by atoms with Crippen molar-refractivity contribution in [3.8, 4) is 17.2 Å². The first-order valence-corrected chi connectivity index (χ1v) is 6.62. The van der Waals surface area contributed by atoms with Crippen LogP contribution >= 0.6 is 0 Å². The summed E-state index contributed by atoms with van der Waals surface area (Å²) >= 11 is 0. The summed E-state index contributed by atoms with van der Waals surface area (Å²) in [7, 11) is 2.99. The summed E-state index contributed by atoms with van der Waals surface area (Å²) in [6.45, 7) is -0.357. The van der Waals surface area contributed by atoms with Crippen molar-refractivity contribution in [2.75, 3.05) is 26.1 Å². The minimum atomic E-state index is -1.04. The van der Waals surface area contributed by atoms with E-state index in [1.54, 1.807) is 18.2 Å². The van der Waals surface area contributed by atoms with Gasteiger partial charge in [0.25, 0.3) is 5.91 Å².